The van der Waals surface area contributed by atoms with Crippen LogP contribution in [0.2, 0.25) is 5.82 Å². The Kier molecular flexibility index (Phi) is 6.57. The van der Waals surface area contributed by atoms with E-state index in [2.05, 4.69) is 0 Å². The molecule has 18 heavy (non-hydrogen) atoms. The maximum absolute atomic E-state index is 10.0. The molecule has 3 heteroatoms. The second kappa shape index (κ2) is 8.21. The van der Waals surface area contributed by atoms with Crippen LogP contribution in [0.1, 0.15) is 77.0 Å². The zero-order chi connectivity index (χ0) is 12.6. The molecule has 0 aromatic heterocycles. The molecule has 1 N–H and O–H groups in total. The molecule has 1 saturated heterocycles. The lowest BCUT2D eigenvalue weighted by atomic mass is 9.59. The maximum Gasteiger partial charge on any atom is 0.457 e. The SMILES string of the molecule is OB1OCCC2CCCCCCCCCCCC12. The van der Waals surface area contributed by atoms with Gasteiger partial charge in [0, 0.05) is 6.61 Å². The molecule has 2 nitrogen and oxygen atoms in total. The van der Waals surface area contributed by atoms with E-state index in [9.17, 15) is 5.02 Å². The van der Waals surface area contributed by atoms with Gasteiger partial charge in [-0.2, -0.15) is 0 Å². The Labute approximate surface area is 113 Å². The van der Waals surface area contributed by atoms with Crippen LogP contribution in [0.5, 0.6) is 0 Å². The molecular weight excluding hydrogens is 223 g/mol. The lowest BCUT2D eigenvalue weighted by molar-refractivity contribution is 0.161. The molecule has 2 fully saturated rings. The van der Waals surface area contributed by atoms with Crippen molar-refractivity contribution >= 4 is 7.12 Å². The van der Waals surface area contributed by atoms with Crippen molar-refractivity contribution in [3.05, 3.63) is 0 Å². The fourth-order valence-corrected chi connectivity index (χ4v) is 3.67. The second-order valence-corrected chi connectivity index (χ2v) is 6.23. The predicted octanol–water partition coefficient (Wildman–Crippen LogP) is 4.18. The third-order valence-electron chi connectivity index (χ3n) is 4.86. The van der Waals surface area contributed by atoms with Crippen molar-refractivity contribution in [3.63, 3.8) is 0 Å². The quantitative estimate of drug-likeness (QED) is 0.655. The molecular formula is C15H29BO2. The van der Waals surface area contributed by atoms with Crippen LogP contribution in [0.25, 0.3) is 0 Å². The molecule has 1 aliphatic heterocycles. The summed E-state index contributed by atoms with van der Waals surface area (Å²) in [6.07, 6.45) is 16.1. The van der Waals surface area contributed by atoms with Crippen molar-refractivity contribution < 1.29 is 9.68 Å². The van der Waals surface area contributed by atoms with Gasteiger partial charge in [-0.05, 0) is 18.2 Å². The van der Waals surface area contributed by atoms with Gasteiger partial charge in [0.2, 0.25) is 0 Å². The summed E-state index contributed by atoms with van der Waals surface area (Å²) in [5.74, 6) is 1.13. The largest absolute Gasteiger partial charge is 0.457 e. The Morgan fingerprint density at radius 2 is 1.28 bits per heavy atom. The molecule has 2 aliphatic rings. The predicted molar refractivity (Wildman–Crippen MR) is 76.6 cm³/mol. The van der Waals surface area contributed by atoms with Gasteiger partial charge >= 0.3 is 7.12 Å². The highest BCUT2D eigenvalue weighted by molar-refractivity contribution is 6.45. The Morgan fingerprint density at radius 1 is 0.722 bits per heavy atom. The number of rotatable bonds is 0. The number of hydrogen-bond donors (Lipinski definition) is 1. The summed E-state index contributed by atoms with van der Waals surface area (Å²) in [7, 11) is -0.478. The first-order chi connectivity index (χ1) is 8.88. The van der Waals surface area contributed by atoms with Gasteiger partial charge < -0.3 is 9.68 Å². The third-order valence-corrected chi connectivity index (χ3v) is 4.86. The summed E-state index contributed by atoms with van der Waals surface area (Å²) in [5.41, 5.74) is 0. The summed E-state index contributed by atoms with van der Waals surface area (Å²) in [6, 6.07) is 0. The highest BCUT2D eigenvalue weighted by Gasteiger charge is 2.36. The van der Waals surface area contributed by atoms with Crippen molar-refractivity contribution in [2.45, 2.75) is 82.9 Å². The smallest absolute Gasteiger partial charge is 0.427 e. The summed E-state index contributed by atoms with van der Waals surface area (Å²) in [5, 5.41) is 10.0. The van der Waals surface area contributed by atoms with E-state index in [-0.39, 0.29) is 0 Å². The van der Waals surface area contributed by atoms with Crippen LogP contribution in [0, 0.1) is 5.92 Å². The molecule has 104 valence electrons. The van der Waals surface area contributed by atoms with Gasteiger partial charge in [-0.25, -0.2) is 0 Å². The summed E-state index contributed by atoms with van der Waals surface area (Å²) >= 11 is 0. The van der Waals surface area contributed by atoms with E-state index in [0.717, 1.165) is 12.5 Å². The van der Waals surface area contributed by atoms with Crippen LogP contribution in [-0.4, -0.2) is 18.7 Å². The van der Waals surface area contributed by atoms with Gasteiger partial charge in [0.25, 0.3) is 0 Å². The van der Waals surface area contributed by atoms with Gasteiger partial charge in [0.15, 0.2) is 0 Å². The van der Waals surface area contributed by atoms with Crippen molar-refractivity contribution in [3.8, 4) is 0 Å². The van der Waals surface area contributed by atoms with Crippen LogP contribution >= 0.6 is 0 Å². The molecule has 2 rings (SSSR count). The summed E-state index contributed by atoms with van der Waals surface area (Å²) in [4.78, 5) is 0. The van der Waals surface area contributed by atoms with Gasteiger partial charge in [-0.3, -0.25) is 0 Å². The molecule has 1 aliphatic carbocycles. The van der Waals surface area contributed by atoms with Crippen molar-refractivity contribution in [1.82, 2.24) is 0 Å². The lowest BCUT2D eigenvalue weighted by Gasteiger charge is -2.33. The van der Waals surface area contributed by atoms with E-state index >= 15 is 0 Å². The zero-order valence-corrected chi connectivity index (χ0v) is 11.8. The highest BCUT2D eigenvalue weighted by atomic mass is 16.5. The van der Waals surface area contributed by atoms with Gasteiger partial charge in [-0.15, -0.1) is 0 Å². The first-order valence-corrected chi connectivity index (χ1v) is 8.17. The van der Waals surface area contributed by atoms with Crippen LogP contribution in [0.3, 0.4) is 0 Å². The minimum absolute atomic E-state index is 0.416. The molecule has 0 amide bonds. The Balaban J connectivity index is 1.85. The van der Waals surface area contributed by atoms with E-state index in [1.165, 1.54) is 77.0 Å². The Bertz CT molecular complexity index is 223. The number of fused-ring (bicyclic) bond motifs is 1. The standard InChI is InChI=1S/C15H29BO2/c17-16-15-11-9-7-5-3-1-2-4-6-8-10-14(15)12-13-18-16/h14-15,17H,1-13H2. The van der Waals surface area contributed by atoms with E-state index in [1.54, 1.807) is 0 Å². The topological polar surface area (TPSA) is 29.5 Å². The fraction of sp³-hybridized carbons (Fsp3) is 1.00. The summed E-state index contributed by atoms with van der Waals surface area (Å²) in [6.45, 7) is 0.766. The fourth-order valence-electron chi connectivity index (χ4n) is 3.67. The molecule has 0 radical (unpaired) electrons. The molecule has 2 atom stereocenters. The van der Waals surface area contributed by atoms with Crippen molar-refractivity contribution in [2.24, 2.45) is 5.92 Å². The lowest BCUT2D eigenvalue weighted by Crippen LogP contribution is -2.36. The van der Waals surface area contributed by atoms with Gasteiger partial charge in [0.05, 0.1) is 0 Å². The van der Waals surface area contributed by atoms with E-state index in [4.69, 9.17) is 4.65 Å². The molecule has 1 heterocycles. The molecule has 0 spiro atoms. The van der Waals surface area contributed by atoms with Crippen LogP contribution in [0.4, 0.5) is 0 Å². The second-order valence-electron chi connectivity index (χ2n) is 6.23. The van der Waals surface area contributed by atoms with E-state index in [0.29, 0.717) is 5.82 Å². The first kappa shape index (κ1) is 14.4. The molecule has 0 aromatic carbocycles. The minimum atomic E-state index is -0.478. The molecule has 0 bridgehead atoms. The summed E-state index contributed by atoms with van der Waals surface area (Å²) < 4.78 is 5.45. The van der Waals surface area contributed by atoms with Crippen molar-refractivity contribution in [2.75, 3.05) is 6.61 Å². The van der Waals surface area contributed by atoms with Gasteiger partial charge in [0.1, 0.15) is 0 Å². The zero-order valence-electron chi connectivity index (χ0n) is 11.8. The highest BCUT2D eigenvalue weighted by Crippen LogP contribution is 2.37. The average molecular weight is 252 g/mol. The Morgan fingerprint density at radius 3 is 1.94 bits per heavy atom. The maximum atomic E-state index is 10.0. The normalized spacial score (nSPS) is 32.8. The monoisotopic (exact) mass is 252 g/mol. The molecule has 0 aromatic rings. The third kappa shape index (κ3) is 4.58. The van der Waals surface area contributed by atoms with Crippen LogP contribution in [0.15, 0.2) is 0 Å². The van der Waals surface area contributed by atoms with E-state index in [1.807, 2.05) is 0 Å². The first-order valence-electron chi connectivity index (χ1n) is 8.17. The van der Waals surface area contributed by atoms with Crippen LogP contribution in [-0.2, 0) is 4.65 Å². The molecule has 1 saturated carbocycles. The van der Waals surface area contributed by atoms with E-state index < -0.39 is 7.12 Å². The average Bonchev–Trinajstić information content (AvgIpc) is 2.39. The molecule has 2 unspecified atom stereocenters. The Hall–Kier alpha value is -0.0151. The number of hydrogen-bond acceptors (Lipinski definition) is 2. The van der Waals surface area contributed by atoms with Crippen molar-refractivity contribution in [1.29, 1.82) is 0 Å². The van der Waals surface area contributed by atoms with Crippen LogP contribution < -0.4 is 0 Å². The minimum Gasteiger partial charge on any atom is -0.427 e. The van der Waals surface area contributed by atoms with Gasteiger partial charge in [-0.1, -0.05) is 70.6 Å².